The van der Waals surface area contributed by atoms with Crippen LogP contribution >= 0.6 is 11.8 Å². The number of carboxylic acids is 1. The summed E-state index contributed by atoms with van der Waals surface area (Å²) in [4.78, 5) is 113. The lowest BCUT2D eigenvalue weighted by atomic mass is 9.81. The molecule has 404 valence electrons. The van der Waals surface area contributed by atoms with Gasteiger partial charge in [0.25, 0.3) is 5.56 Å². The van der Waals surface area contributed by atoms with Crippen molar-refractivity contribution in [3.05, 3.63) is 85.4 Å². The first kappa shape index (κ1) is 53.7. The van der Waals surface area contributed by atoms with Crippen molar-refractivity contribution < 1.29 is 82.4 Å². The van der Waals surface area contributed by atoms with Crippen LogP contribution in [0.25, 0.3) is 22.3 Å². The number of hydrogen-bond acceptors (Lipinski definition) is 19. The fourth-order valence-corrected chi connectivity index (χ4v) is 11.3. The van der Waals surface area contributed by atoms with Gasteiger partial charge in [0, 0.05) is 48.3 Å². The smallest absolute Gasteiger partial charge is 0.407 e. The highest BCUT2D eigenvalue weighted by Crippen LogP contribution is 2.46. The van der Waals surface area contributed by atoms with Crippen LogP contribution in [0.4, 0.5) is 14.9 Å². The topological polar surface area (TPSA) is 349 Å². The first-order valence-corrected chi connectivity index (χ1v) is 25.6. The molecule has 1 aliphatic carbocycles. The third kappa shape index (κ3) is 9.29. The standard InChI is InChI=1S/C50H54FN7O17S/c1-5-50(71)26-12-31-38-24(15-57(31)44(65)25(26)18-72-48(50)69)37-28(8-7-23-20(2)27(51)13-30(54-38)36(23)37)55-49(70)73-17-21-6-9-33(74-47-41(63)39(61)40(62)42(75-47)46(67)68)29(10-21)53-34(59)16-56(3)45(66)32(14-52)58-35(60)11-22(19-76-4)43(58)64/h6,9-10,12-13,22,28,32,39-42,47,61-63,71H,5,7-8,11,14-19,52H2,1-4H3,(H,53,59)(H,55,70)(H,67,68)/t22?,28-,32-,39?,40-,41?,42?,47-,50-/m0/s1. The van der Waals surface area contributed by atoms with E-state index in [1.807, 2.05) is 0 Å². The number of pyridine rings is 2. The van der Waals surface area contributed by atoms with Gasteiger partial charge in [-0.2, -0.15) is 11.8 Å². The number of ether oxygens (including phenoxy) is 4. The highest BCUT2D eigenvalue weighted by Gasteiger charge is 2.50. The number of imide groups is 1. The number of carbonyl (C=O) groups is 7. The van der Waals surface area contributed by atoms with Crippen LogP contribution in [0.3, 0.4) is 0 Å². The summed E-state index contributed by atoms with van der Waals surface area (Å²) < 4.78 is 39.0. The molecule has 5 amide bonds. The molecule has 9 atom stereocenters. The molecule has 2 saturated heterocycles. The maximum absolute atomic E-state index is 15.5. The van der Waals surface area contributed by atoms with Crippen LogP contribution in [0.2, 0.25) is 0 Å². The van der Waals surface area contributed by atoms with Crippen molar-refractivity contribution in [2.75, 3.05) is 37.5 Å². The van der Waals surface area contributed by atoms with Crippen LogP contribution in [0.1, 0.15) is 71.2 Å². The highest BCUT2D eigenvalue weighted by molar-refractivity contribution is 7.98. The number of esters is 1. The molecule has 2 fully saturated rings. The minimum atomic E-state index is -2.10. The summed E-state index contributed by atoms with van der Waals surface area (Å²) in [6, 6.07) is 4.50. The predicted octanol–water partition coefficient (Wildman–Crippen LogP) is 0.174. The number of nitrogens with two attached hydrogens (primary N) is 1. The Kier molecular flexibility index (Phi) is 14.7. The van der Waals surface area contributed by atoms with E-state index >= 15 is 4.39 Å². The van der Waals surface area contributed by atoms with E-state index in [1.165, 1.54) is 53.7 Å². The molecule has 0 spiro atoms. The maximum Gasteiger partial charge on any atom is 0.407 e. The number of nitrogens with one attached hydrogen (secondary N) is 2. The molecule has 0 saturated carbocycles. The summed E-state index contributed by atoms with van der Waals surface area (Å²) in [5.74, 6) is -6.56. The predicted molar refractivity (Wildman–Crippen MR) is 262 cm³/mol. The van der Waals surface area contributed by atoms with Crippen LogP contribution in [0.15, 0.2) is 35.1 Å². The number of carboxylic acid groups (broad SMARTS) is 1. The number of cyclic esters (lactones) is 1. The molecule has 24 nitrogen and oxygen atoms in total. The molecule has 26 heteroatoms. The summed E-state index contributed by atoms with van der Waals surface area (Å²) in [6.45, 7) is 1.24. The lowest BCUT2D eigenvalue weighted by molar-refractivity contribution is -0.271. The molecule has 2 aromatic heterocycles. The number of aryl methyl sites for hydroxylation is 1. The number of likely N-dealkylation sites (N-methyl/N-ethyl adjacent to an activating group) is 1. The van der Waals surface area contributed by atoms with Gasteiger partial charge in [0.2, 0.25) is 29.9 Å². The lowest BCUT2D eigenvalue weighted by Gasteiger charge is -2.38. The fraction of sp³-hybridized carbons (Fsp3) is 0.460. The van der Waals surface area contributed by atoms with Crippen LogP contribution < -0.4 is 26.7 Å². The number of aliphatic hydroxyl groups excluding tert-OH is 3. The number of nitrogens with zero attached hydrogens (tertiary/aromatic N) is 4. The Morgan fingerprint density at radius 1 is 1.07 bits per heavy atom. The number of benzene rings is 2. The maximum atomic E-state index is 15.5. The summed E-state index contributed by atoms with van der Waals surface area (Å²) in [5.41, 5.74) is 6.40. The highest BCUT2D eigenvalue weighted by atomic mass is 32.2. The van der Waals surface area contributed by atoms with Gasteiger partial charge in [-0.25, -0.2) is 23.8 Å². The number of alkyl carbamates (subject to hydrolysis) is 1. The van der Waals surface area contributed by atoms with Crippen LogP contribution in [-0.4, -0.2) is 155 Å². The number of fused-ring (bicyclic) bond motifs is 5. The second kappa shape index (κ2) is 20.8. The Bertz CT molecular complexity index is 3190. The second-order valence-corrected chi connectivity index (χ2v) is 20.2. The Hall–Kier alpha value is -7.07. The van der Waals surface area contributed by atoms with Crippen LogP contribution in [0.5, 0.6) is 5.75 Å². The Morgan fingerprint density at radius 2 is 1.82 bits per heavy atom. The van der Waals surface area contributed by atoms with Gasteiger partial charge in [-0.05, 0) is 72.9 Å². The largest absolute Gasteiger partial charge is 0.479 e. The van der Waals surface area contributed by atoms with E-state index < -0.39 is 127 Å². The summed E-state index contributed by atoms with van der Waals surface area (Å²) in [7, 11) is 1.24. The quantitative estimate of drug-likeness (QED) is 0.0512. The van der Waals surface area contributed by atoms with E-state index in [2.05, 4.69) is 10.6 Å². The van der Waals surface area contributed by atoms with Crippen molar-refractivity contribution in [1.29, 1.82) is 0 Å². The van der Waals surface area contributed by atoms with E-state index in [0.29, 0.717) is 39.8 Å². The Morgan fingerprint density at radius 3 is 2.51 bits per heavy atom. The average Bonchev–Trinajstić information content (AvgIpc) is 3.96. The zero-order valence-electron chi connectivity index (χ0n) is 41.4. The molecule has 4 unspecified atom stereocenters. The van der Waals surface area contributed by atoms with E-state index in [9.17, 15) is 63.9 Å². The number of likely N-dealkylation sites (tertiary alicyclic amines) is 1. The van der Waals surface area contributed by atoms with Crippen molar-refractivity contribution in [1.82, 2.24) is 24.7 Å². The third-order valence-corrected chi connectivity index (χ3v) is 15.4. The number of aliphatic hydroxyl groups is 4. The molecular formula is C50H54FN7O17S. The minimum Gasteiger partial charge on any atom is -0.479 e. The number of rotatable bonds is 15. The lowest BCUT2D eigenvalue weighted by Crippen LogP contribution is -2.61. The van der Waals surface area contributed by atoms with Gasteiger partial charge in [0.15, 0.2) is 11.7 Å². The van der Waals surface area contributed by atoms with Crippen molar-refractivity contribution in [3.8, 4) is 17.1 Å². The second-order valence-electron chi connectivity index (χ2n) is 19.3. The van der Waals surface area contributed by atoms with Gasteiger partial charge in [-0.1, -0.05) is 13.0 Å². The molecular weight excluding hydrogens is 1020 g/mol. The van der Waals surface area contributed by atoms with E-state index in [1.54, 1.807) is 20.1 Å². The van der Waals surface area contributed by atoms with Crippen LogP contribution in [-0.2, 0) is 74.8 Å². The number of thioether (sulfide) groups is 1. The minimum absolute atomic E-state index is 0.0207. The zero-order valence-corrected chi connectivity index (χ0v) is 42.2. The summed E-state index contributed by atoms with van der Waals surface area (Å²) in [5, 5.41) is 58.6. The molecule has 9 N–H and O–H groups in total. The zero-order chi connectivity index (χ0) is 54.8. The molecule has 4 aromatic rings. The molecule has 2 aromatic carbocycles. The number of hydrogen-bond donors (Lipinski definition) is 8. The Labute approximate surface area is 435 Å². The number of anilines is 1. The van der Waals surface area contributed by atoms with Gasteiger partial charge in [0.1, 0.15) is 49.1 Å². The number of halogens is 1. The first-order valence-electron chi connectivity index (χ1n) is 24.2. The average molecular weight is 1080 g/mol. The molecule has 5 aliphatic rings. The van der Waals surface area contributed by atoms with E-state index in [0.717, 1.165) is 9.80 Å². The molecule has 6 heterocycles. The van der Waals surface area contributed by atoms with Gasteiger partial charge in [-0.15, -0.1) is 0 Å². The molecule has 4 aliphatic heterocycles. The van der Waals surface area contributed by atoms with Crippen molar-refractivity contribution in [2.45, 2.75) is 108 Å². The van der Waals surface area contributed by atoms with Crippen molar-refractivity contribution in [2.24, 2.45) is 11.7 Å². The van der Waals surface area contributed by atoms with Crippen LogP contribution in [0, 0.1) is 18.7 Å². The Balaban J connectivity index is 0.973. The number of carbonyl (C=O) groups excluding carboxylic acids is 6. The number of amides is 5. The van der Waals surface area contributed by atoms with E-state index in [-0.39, 0.29) is 77.4 Å². The number of aromatic nitrogens is 2. The van der Waals surface area contributed by atoms with Gasteiger partial charge < -0.3 is 70.3 Å². The third-order valence-electron chi connectivity index (χ3n) is 14.6. The fourth-order valence-electron chi connectivity index (χ4n) is 10.6. The van der Waals surface area contributed by atoms with Gasteiger partial charge in [0.05, 0.1) is 53.2 Å². The van der Waals surface area contributed by atoms with Crippen molar-refractivity contribution in [3.63, 3.8) is 0 Å². The van der Waals surface area contributed by atoms with Gasteiger partial charge in [-0.3, -0.25) is 28.9 Å². The molecule has 0 radical (unpaired) electrons. The number of aliphatic carboxylic acids is 1. The summed E-state index contributed by atoms with van der Waals surface area (Å²) >= 11 is 1.36. The van der Waals surface area contributed by atoms with Gasteiger partial charge >= 0.3 is 18.0 Å². The van der Waals surface area contributed by atoms with Crippen molar-refractivity contribution >= 4 is 70.0 Å². The summed E-state index contributed by atoms with van der Waals surface area (Å²) in [6.07, 6.45) is -8.88. The SMILES string of the molecule is CC[C@@]1(O)C(=O)OCc2c1cc1n(c2=O)Cc2c-1nc1cc(F)c(C)c3c1c2[C@@H](NC(=O)OCc1ccc(O[C@H]2OC(C(=O)O)[C@@H](O)C(O)C2O)c(NC(=O)CN(C)C(=O)[C@H](CN)N2C(=O)CC(CSC)C2=O)c1)CC3. The normalized spacial score (nSPS) is 24.8. The monoisotopic (exact) mass is 1080 g/mol. The molecule has 76 heavy (non-hydrogen) atoms. The van der Waals surface area contributed by atoms with E-state index in [4.69, 9.17) is 29.7 Å². The molecule has 9 rings (SSSR count). The first-order chi connectivity index (χ1) is 36.1. The molecule has 0 bridgehead atoms.